The van der Waals surface area contributed by atoms with E-state index in [1.807, 2.05) is 12.1 Å². The Morgan fingerprint density at radius 1 is 1.00 bits per heavy atom. The number of fused-ring (bicyclic) bond motifs is 2. The summed E-state index contributed by atoms with van der Waals surface area (Å²) in [6.45, 7) is 1.05. The van der Waals surface area contributed by atoms with E-state index in [2.05, 4.69) is 34.6 Å². The van der Waals surface area contributed by atoms with E-state index in [4.69, 9.17) is 9.97 Å². The molecule has 1 aliphatic carbocycles. The van der Waals surface area contributed by atoms with E-state index in [9.17, 15) is 8.42 Å². The summed E-state index contributed by atoms with van der Waals surface area (Å²) in [7, 11) is -3.15. The monoisotopic (exact) mass is 479 g/mol. The van der Waals surface area contributed by atoms with Crippen LogP contribution < -0.4 is 5.32 Å². The first-order valence-electron chi connectivity index (χ1n) is 11.3. The number of benzene rings is 1. The number of piperidine rings is 1. The predicted octanol–water partition coefficient (Wildman–Crippen LogP) is 5.00. The lowest BCUT2D eigenvalue weighted by atomic mass is 9.93. The Labute approximate surface area is 196 Å². The molecule has 1 aliphatic heterocycles. The Bertz CT molecular complexity index is 1450. The molecule has 1 aromatic carbocycles. The number of hydrogen-bond donors (Lipinski definition) is 1. The lowest BCUT2D eigenvalue weighted by Gasteiger charge is -2.30. The first kappa shape index (κ1) is 20.9. The minimum Gasteiger partial charge on any atom is -0.340 e. The number of anilines is 2. The fourth-order valence-corrected chi connectivity index (χ4v) is 6.59. The Hall–Kier alpha value is -2.62. The Morgan fingerprint density at radius 2 is 1.82 bits per heavy atom. The van der Waals surface area contributed by atoms with Gasteiger partial charge >= 0.3 is 0 Å². The average molecular weight is 480 g/mol. The molecule has 0 spiro atoms. The summed E-state index contributed by atoms with van der Waals surface area (Å²) < 4.78 is 26.5. The highest BCUT2D eigenvalue weighted by Gasteiger charge is 2.28. The molecule has 3 aromatic heterocycles. The van der Waals surface area contributed by atoms with Gasteiger partial charge in [-0.15, -0.1) is 11.3 Å². The van der Waals surface area contributed by atoms with Crippen LogP contribution in [0.15, 0.2) is 42.6 Å². The molecule has 33 heavy (non-hydrogen) atoms. The van der Waals surface area contributed by atoms with E-state index < -0.39 is 10.0 Å². The van der Waals surface area contributed by atoms with E-state index in [0.717, 1.165) is 46.5 Å². The van der Waals surface area contributed by atoms with Gasteiger partial charge in [-0.3, -0.25) is 4.98 Å². The van der Waals surface area contributed by atoms with Crippen LogP contribution in [-0.4, -0.2) is 47.0 Å². The molecule has 0 unspecified atom stereocenters. The van der Waals surface area contributed by atoms with Crippen molar-refractivity contribution in [2.45, 2.75) is 37.5 Å². The molecule has 1 saturated heterocycles. The zero-order valence-corrected chi connectivity index (χ0v) is 20.0. The highest BCUT2D eigenvalue weighted by molar-refractivity contribution is 7.88. The van der Waals surface area contributed by atoms with Crippen molar-refractivity contribution in [3.63, 3.8) is 0 Å². The maximum Gasteiger partial charge on any atom is 0.211 e. The van der Waals surface area contributed by atoms with Crippen LogP contribution in [0.5, 0.6) is 0 Å². The van der Waals surface area contributed by atoms with Crippen molar-refractivity contribution in [2.24, 2.45) is 0 Å². The van der Waals surface area contributed by atoms with Crippen LogP contribution in [0.3, 0.4) is 0 Å². The van der Waals surface area contributed by atoms with Crippen molar-refractivity contribution in [1.29, 1.82) is 0 Å². The van der Waals surface area contributed by atoms with Crippen LogP contribution in [0.2, 0.25) is 0 Å². The molecule has 7 nitrogen and oxygen atoms in total. The third kappa shape index (κ3) is 4.20. The van der Waals surface area contributed by atoms with Crippen LogP contribution in [0, 0.1) is 0 Å². The van der Waals surface area contributed by atoms with Gasteiger partial charge in [0.1, 0.15) is 5.82 Å². The molecule has 0 bridgehead atoms. The van der Waals surface area contributed by atoms with Gasteiger partial charge in [-0.25, -0.2) is 22.7 Å². The number of sulfonamides is 1. The molecule has 6 rings (SSSR count). The summed E-state index contributed by atoms with van der Waals surface area (Å²) in [6, 6.07) is 12.3. The van der Waals surface area contributed by atoms with Gasteiger partial charge in [0, 0.05) is 47.9 Å². The quantitative estimate of drug-likeness (QED) is 0.433. The molecule has 0 amide bonds. The second-order valence-corrected chi connectivity index (χ2v) is 12.1. The molecule has 9 heteroatoms. The first-order valence-corrected chi connectivity index (χ1v) is 14.0. The Kier molecular flexibility index (Phi) is 5.08. The van der Waals surface area contributed by atoms with Crippen LogP contribution in [-0.2, 0) is 10.0 Å². The molecule has 2 fully saturated rings. The summed E-state index contributed by atoms with van der Waals surface area (Å²) in [5, 5.41) is 5.74. The second-order valence-electron chi connectivity index (χ2n) is 9.04. The van der Waals surface area contributed by atoms with Gasteiger partial charge in [-0.1, -0.05) is 0 Å². The summed E-state index contributed by atoms with van der Waals surface area (Å²) in [5.41, 5.74) is 3.89. The number of thiazole rings is 1. The Balaban J connectivity index is 1.32. The molecule has 170 valence electrons. The van der Waals surface area contributed by atoms with Crippen LogP contribution in [0.4, 0.5) is 11.5 Å². The number of nitrogens with one attached hydrogen (secondary N) is 1. The van der Waals surface area contributed by atoms with Crippen molar-refractivity contribution < 1.29 is 8.42 Å². The molecule has 1 saturated carbocycles. The van der Waals surface area contributed by atoms with Crippen molar-refractivity contribution in [2.75, 3.05) is 24.7 Å². The lowest BCUT2D eigenvalue weighted by Crippen LogP contribution is -2.37. The largest absolute Gasteiger partial charge is 0.340 e. The van der Waals surface area contributed by atoms with E-state index in [1.165, 1.54) is 28.8 Å². The fourth-order valence-electron chi connectivity index (χ4n) is 4.54. The molecular formula is C24H25N5O2S2. The number of aromatic nitrogens is 3. The maximum atomic E-state index is 11.9. The SMILES string of the molecule is CS(=O)(=O)N1CCC(c2cc3ncccc3c(Nc3ccc4nc(C5CC5)sc4c3)n2)CC1. The molecule has 0 radical (unpaired) electrons. The van der Waals surface area contributed by atoms with Gasteiger partial charge in [0.05, 0.1) is 27.0 Å². The summed E-state index contributed by atoms with van der Waals surface area (Å²) >= 11 is 1.79. The zero-order valence-electron chi connectivity index (χ0n) is 18.4. The minimum absolute atomic E-state index is 0.208. The molecule has 4 aromatic rings. The molecular weight excluding hydrogens is 454 g/mol. The number of hydrogen-bond acceptors (Lipinski definition) is 7. The minimum atomic E-state index is -3.15. The fraction of sp³-hybridized carbons (Fsp3) is 0.375. The van der Waals surface area contributed by atoms with Crippen molar-refractivity contribution in [1.82, 2.24) is 19.3 Å². The van der Waals surface area contributed by atoms with Crippen LogP contribution >= 0.6 is 11.3 Å². The maximum absolute atomic E-state index is 11.9. The van der Waals surface area contributed by atoms with Gasteiger partial charge in [0.2, 0.25) is 10.0 Å². The lowest BCUT2D eigenvalue weighted by molar-refractivity contribution is 0.319. The highest BCUT2D eigenvalue weighted by atomic mass is 32.2. The van der Waals surface area contributed by atoms with Crippen molar-refractivity contribution in [3.8, 4) is 0 Å². The topological polar surface area (TPSA) is 88.1 Å². The van der Waals surface area contributed by atoms with Crippen molar-refractivity contribution >= 4 is 54.0 Å². The predicted molar refractivity (Wildman–Crippen MR) is 133 cm³/mol. The first-order chi connectivity index (χ1) is 15.9. The molecule has 4 heterocycles. The van der Waals surface area contributed by atoms with Crippen molar-refractivity contribution in [3.05, 3.63) is 53.3 Å². The van der Waals surface area contributed by atoms with Gasteiger partial charge in [0.15, 0.2) is 0 Å². The van der Waals surface area contributed by atoms with E-state index >= 15 is 0 Å². The third-order valence-corrected chi connectivity index (χ3v) is 9.04. The normalized spacial score (nSPS) is 18.2. The van der Waals surface area contributed by atoms with Gasteiger partial charge in [0.25, 0.3) is 0 Å². The zero-order chi connectivity index (χ0) is 22.6. The smallest absolute Gasteiger partial charge is 0.211 e. The molecule has 1 N–H and O–H groups in total. The Morgan fingerprint density at radius 3 is 2.58 bits per heavy atom. The van der Waals surface area contributed by atoms with Crippen LogP contribution in [0.25, 0.3) is 21.1 Å². The third-order valence-electron chi connectivity index (χ3n) is 6.55. The average Bonchev–Trinajstić information content (AvgIpc) is 3.58. The molecule has 2 aliphatic rings. The van der Waals surface area contributed by atoms with E-state index in [1.54, 1.807) is 21.8 Å². The van der Waals surface area contributed by atoms with E-state index in [0.29, 0.717) is 19.0 Å². The summed E-state index contributed by atoms with van der Waals surface area (Å²) in [4.78, 5) is 14.4. The second kappa shape index (κ2) is 8.00. The number of pyridine rings is 2. The van der Waals surface area contributed by atoms with Gasteiger partial charge in [-0.05, 0) is 62.1 Å². The highest BCUT2D eigenvalue weighted by Crippen LogP contribution is 2.43. The van der Waals surface area contributed by atoms with Crippen LogP contribution in [0.1, 0.15) is 48.2 Å². The molecule has 0 atom stereocenters. The summed E-state index contributed by atoms with van der Waals surface area (Å²) in [6.07, 6.45) is 7.10. The van der Waals surface area contributed by atoms with E-state index in [-0.39, 0.29) is 5.92 Å². The van der Waals surface area contributed by atoms with Gasteiger partial charge in [-0.2, -0.15) is 0 Å². The van der Waals surface area contributed by atoms with Gasteiger partial charge < -0.3 is 5.32 Å². The number of rotatable bonds is 5. The summed E-state index contributed by atoms with van der Waals surface area (Å²) in [5.74, 6) is 1.65. The number of nitrogens with zero attached hydrogens (tertiary/aromatic N) is 4. The standard InChI is InChI=1S/C24H25N5O2S2/c1-33(30,31)29-11-8-15(9-12-29)20-14-21-18(3-2-10-25-21)23(27-20)26-17-6-7-19-22(13-17)32-24(28-19)16-4-5-16/h2-3,6-7,10,13-16H,4-5,8-9,11-12H2,1H3,(H,26,27).